The lowest BCUT2D eigenvalue weighted by Crippen LogP contribution is -2.29. The molecule has 2 atom stereocenters. The summed E-state index contributed by atoms with van der Waals surface area (Å²) in [5, 5.41) is 11.7. The predicted octanol–water partition coefficient (Wildman–Crippen LogP) is 4.12. The van der Waals surface area contributed by atoms with Gasteiger partial charge in [-0.1, -0.05) is 72.8 Å². The molecule has 120 valence electrons. The van der Waals surface area contributed by atoms with Crippen molar-refractivity contribution in [1.29, 1.82) is 5.26 Å². The van der Waals surface area contributed by atoms with Crippen molar-refractivity contribution >= 4 is 18.5 Å². The van der Waals surface area contributed by atoms with Crippen LogP contribution in [0.2, 0.25) is 0 Å². The van der Waals surface area contributed by atoms with Gasteiger partial charge in [0, 0.05) is 18.6 Å². The van der Waals surface area contributed by atoms with Gasteiger partial charge in [0.2, 0.25) is 0 Å². The van der Waals surface area contributed by atoms with Crippen LogP contribution in [-0.2, 0) is 4.74 Å². The summed E-state index contributed by atoms with van der Waals surface area (Å²) in [4.78, 5) is 0. The van der Waals surface area contributed by atoms with Crippen LogP contribution >= 0.6 is 7.92 Å². The lowest BCUT2D eigenvalue weighted by atomic mass is 9.98. The molecule has 0 radical (unpaired) electrons. The molecule has 0 N–H and O–H groups in total. The zero-order valence-corrected chi connectivity index (χ0v) is 14.6. The Morgan fingerprint density at radius 2 is 1.62 bits per heavy atom. The molecule has 0 heterocycles. The Morgan fingerprint density at radius 1 is 1.04 bits per heavy atom. The molecule has 1 aliphatic rings. The van der Waals surface area contributed by atoms with Crippen LogP contribution in [0.1, 0.15) is 6.42 Å². The van der Waals surface area contributed by atoms with E-state index in [0.717, 1.165) is 12.0 Å². The van der Waals surface area contributed by atoms with Gasteiger partial charge in [-0.2, -0.15) is 5.26 Å². The minimum absolute atomic E-state index is 0.0811. The smallest absolute Gasteiger partial charge is 0.0988 e. The van der Waals surface area contributed by atoms with Gasteiger partial charge in [0.05, 0.1) is 11.9 Å². The highest BCUT2D eigenvalue weighted by Crippen LogP contribution is 2.45. The Hall–Kier alpha value is -2.20. The van der Waals surface area contributed by atoms with Crippen LogP contribution in [-0.4, -0.2) is 13.0 Å². The third-order valence-corrected chi connectivity index (χ3v) is 7.00. The molecule has 1 aliphatic carbocycles. The quantitative estimate of drug-likeness (QED) is 0.771. The maximum atomic E-state index is 9.04. The zero-order valence-electron chi connectivity index (χ0n) is 13.7. The number of methoxy groups -OCH3 is 1. The fraction of sp³-hybridized carbons (Fsp3) is 0.190. The second-order valence-corrected chi connectivity index (χ2v) is 7.98. The van der Waals surface area contributed by atoms with E-state index in [-0.39, 0.29) is 11.8 Å². The Kier molecular flexibility index (Phi) is 5.59. The van der Waals surface area contributed by atoms with E-state index in [1.54, 1.807) is 7.11 Å². The number of hydrogen-bond donors (Lipinski definition) is 0. The average Bonchev–Trinajstić information content (AvgIpc) is 2.67. The molecule has 0 aromatic heterocycles. The normalized spacial score (nSPS) is 18.0. The summed E-state index contributed by atoms with van der Waals surface area (Å²) in [5.74, 6) is 0.358. The fourth-order valence-electron chi connectivity index (χ4n) is 3.02. The standard InChI is InChI=1S/C21H20NOP/c1-23-21(18-14-12-17(16-22)13-15-18)24(19-8-4-2-5-9-19)20-10-6-3-7-11-20/h2-14,18,21H,15H2,1H3. The molecule has 2 aromatic carbocycles. The van der Waals surface area contributed by atoms with Crippen molar-refractivity contribution in [3.05, 3.63) is 84.5 Å². The van der Waals surface area contributed by atoms with E-state index in [1.807, 2.05) is 24.3 Å². The summed E-state index contributed by atoms with van der Waals surface area (Å²) in [5.41, 5.74) is 0.741. The first-order chi connectivity index (χ1) is 11.8. The minimum Gasteiger partial charge on any atom is -0.376 e. The number of hydrogen-bond acceptors (Lipinski definition) is 2. The lowest BCUT2D eigenvalue weighted by molar-refractivity contribution is 0.137. The zero-order chi connectivity index (χ0) is 16.8. The van der Waals surface area contributed by atoms with Gasteiger partial charge < -0.3 is 4.74 Å². The number of rotatable bonds is 5. The van der Waals surface area contributed by atoms with E-state index in [1.165, 1.54) is 10.6 Å². The third-order valence-electron chi connectivity index (χ3n) is 4.19. The van der Waals surface area contributed by atoms with Crippen molar-refractivity contribution in [1.82, 2.24) is 0 Å². The summed E-state index contributed by atoms with van der Waals surface area (Å²) in [6.45, 7) is 0. The van der Waals surface area contributed by atoms with E-state index in [0.29, 0.717) is 0 Å². The topological polar surface area (TPSA) is 33.0 Å². The van der Waals surface area contributed by atoms with Crippen LogP contribution in [0.3, 0.4) is 0 Å². The SMILES string of the molecule is COC(C1C=CC(C#N)=CC1)P(c1ccccc1)c1ccccc1. The molecule has 0 saturated heterocycles. The van der Waals surface area contributed by atoms with Crippen LogP contribution in [0.5, 0.6) is 0 Å². The molecule has 0 saturated carbocycles. The molecule has 2 aromatic rings. The lowest BCUT2D eigenvalue weighted by Gasteiger charge is -2.32. The summed E-state index contributed by atoms with van der Waals surface area (Å²) < 4.78 is 6.00. The molecule has 0 bridgehead atoms. The minimum atomic E-state index is -0.641. The molecule has 0 fully saturated rings. The Balaban J connectivity index is 1.97. The highest BCUT2D eigenvalue weighted by atomic mass is 31.1. The Labute approximate surface area is 144 Å². The van der Waals surface area contributed by atoms with Crippen LogP contribution in [0.15, 0.2) is 84.5 Å². The molecule has 2 unspecified atom stereocenters. The molecular formula is C21H20NOP. The van der Waals surface area contributed by atoms with Crippen molar-refractivity contribution < 1.29 is 4.74 Å². The molecule has 3 heteroatoms. The summed E-state index contributed by atoms with van der Waals surface area (Å²) in [7, 11) is 1.15. The first-order valence-corrected chi connectivity index (χ1v) is 9.45. The van der Waals surface area contributed by atoms with E-state index in [4.69, 9.17) is 10.00 Å². The Morgan fingerprint density at radius 3 is 2.04 bits per heavy atom. The molecule has 0 spiro atoms. The number of benzene rings is 2. The monoisotopic (exact) mass is 333 g/mol. The van der Waals surface area contributed by atoms with E-state index in [2.05, 4.69) is 60.7 Å². The average molecular weight is 333 g/mol. The number of allylic oxidation sites excluding steroid dienone is 3. The largest absolute Gasteiger partial charge is 0.376 e. The van der Waals surface area contributed by atoms with Gasteiger partial charge in [0.25, 0.3) is 0 Å². The maximum absolute atomic E-state index is 9.04. The van der Waals surface area contributed by atoms with Crippen LogP contribution in [0.4, 0.5) is 0 Å². The van der Waals surface area contributed by atoms with Gasteiger partial charge in [-0.3, -0.25) is 0 Å². The van der Waals surface area contributed by atoms with Crippen LogP contribution in [0.25, 0.3) is 0 Å². The Bertz CT molecular complexity index is 722. The van der Waals surface area contributed by atoms with Crippen molar-refractivity contribution in [2.75, 3.05) is 7.11 Å². The first kappa shape index (κ1) is 16.7. The van der Waals surface area contributed by atoms with E-state index < -0.39 is 7.92 Å². The van der Waals surface area contributed by atoms with E-state index in [9.17, 15) is 0 Å². The maximum Gasteiger partial charge on any atom is 0.0988 e. The molecular weight excluding hydrogens is 313 g/mol. The first-order valence-electron chi connectivity index (χ1n) is 8.04. The third kappa shape index (κ3) is 3.65. The summed E-state index contributed by atoms with van der Waals surface area (Å²) in [6.07, 6.45) is 6.91. The van der Waals surface area contributed by atoms with Crippen molar-refractivity contribution in [3.8, 4) is 6.07 Å². The van der Waals surface area contributed by atoms with Gasteiger partial charge in [-0.25, -0.2) is 0 Å². The van der Waals surface area contributed by atoms with Gasteiger partial charge >= 0.3 is 0 Å². The van der Waals surface area contributed by atoms with Crippen molar-refractivity contribution in [2.45, 2.75) is 12.3 Å². The molecule has 24 heavy (non-hydrogen) atoms. The van der Waals surface area contributed by atoms with E-state index >= 15 is 0 Å². The highest BCUT2D eigenvalue weighted by Gasteiger charge is 2.30. The molecule has 2 nitrogen and oxygen atoms in total. The fourth-order valence-corrected chi connectivity index (χ4v) is 5.71. The second-order valence-electron chi connectivity index (χ2n) is 5.70. The van der Waals surface area contributed by atoms with Crippen LogP contribution < -0.4 is 10.6 Å². The number of ether oxygens (including phenoxy) is 1. The molecule has 0 amide bonds. The summed E-state index contributed by atoms with van der Waals surface area (Å²) in [6, 6.07) is 23.4. The predicted molar refractivity (Wildman–Crippen MR) is 101 cm³/mol. The highest BCUT2D eigenvalue weighted by molar-refractivity contribution is 7.73. The van der Waals surface area contributed by atoms with Gasteiger partial charge in [0.1, 0.15) is 0 Å². The summed E-state index contributed by atoms with van der Waals surface area (Å²) >= 11 is 0. The van der Waals surface area contributed by atoms with Gasteiger partial charge in [-0.15, -0.1) is 0 Å². The van der Waals surface area contributed by atoms with Gasteiger partial charge in [0.15, 0.2) is 0 Å². The molecule has 3 rings (SSSR count). The van der Waals surface area contributed by atoms with Crippen molar-refractivity contribution in [2.24, 2.45) is 5.92 Å². The number of nitrogens with zero attached hydrogens (tertiary/aromatic N) is 1. The van der Waals surface area contributed by atoms with Crippen LogP contribution in [0, 0.1) is 17.2 Å². The van der Waals surface area contributed by atoms with Gasteiger partial charge in [-0.05, 0) is 31.0 Å². The number of nitriles is 1. The second kappa shape index (κ2) is 8.06. The molecule has 0 aliphatic heterocycles. The van der Waals surface area contributed by atoms with Crippen molar-refractivity contribution in [3.63, 3.8) is 0 Å².